The van der Waals surface area contributed by atoms with E-state index in [0.29, 0.717) is 6.42 Å². The zero-order chi connectivity index (χ0) is 10.2. The Morgan fingerprint density at radius 1 is 1.42 bits per heavy atom. The van der Waals surface area contributed by atoms with Crippen LogP contribution in [0.2, 0.25) is 0 Å². The van der Waals surface area contributed by atoms with Gasteiger partial charge in [-0.15, -0.1) is 0 Å². The molecule has 0 rings (SSSR count). The summed E-state index contributed by atoms with van der Waals surface area (Å²) in [6, 6.07) is 0. The van der Waals surface area contributed by atoms with Crippen LogP contribution in [0.3, 0.4) is 0 Å². The zero-order valence-corrected chi connectivity index (χ0v) is 8.68. The molecule has 3 heteroatoms. The monoisotopic (exact) mass is 176 g/mol. The van der Waals surface area contributed by atoms with E-state index in [1.54, 1.807) is 7.11 Å². The van der Waals surface area contributed by atoms with Crippen molar-refractivity contribution in [3.8, 4) is 0 Å². The van der Waals surface area contributed by atoms with Gasteiger partial charge in [0.15, 0.2) is 0 Å². The highest BCUT2D eigenvalue weighted by atomic mass is 16.5. The maximum absolute atomic E-state index is 9.44. The summed E-state index contributed by atoms with van der Waals surface area (Å²) in [5.74, 6) is 0.167. The van der Waals surface area contributed by atoms with Crippen molar-refractivity contribution in [1.29, 1.82) is 0 Å². The molecule has 0 aliphatic heterocycles. The van der Waals surface area contributed by atoms with Gasteiger partial charge in [0.1, 0.15) is 5.78 Å². The summed E-state index contributed by atoms with van der Waals surface area (Å²) in [6.07, 6.45) is 0.698. The third-order valence-electron chi connectivity index (χ3n) is 1.27. The van der Waals surface area contributed by atoms with Crippen molar-refractivity contribution < 1.29 is 14.6 Å². The molecule has 74 valence electrons. The van der Waals surface area contributed by atoms with E-state index >= 15 is 0 Å². The number of ether oxygens (including phenoxy) is 1. The quantitative estimate of drug-likeness (QED) is 0.706. The Labute approximate surface area is 74.7 Å². The molecule has 0 bridgehead atoms. The van der Waals surface area contributed by atoms with Gasteiger partial charge in [-0.05, 0) is 34.1 Å². The SMILES string of the molecule is CC(C)=O.COC(C)(C)CCO. The Morgan fingerprint density at radius 3 is 1.83 bits per heavy atom. The maximum Gasteiger partial charge on any atom is 0.126 e. The minimum atomic E-state index is -0.158. The van der Waals surface area contributed by atoms with Crippen LogP contribution in [0, 0.1) is 0 Å². The van der Waals surface area contributed by atoms with Gasteiger partial charge in [-0.2, -0.15) is 0 Å². The number of rotatable bonds is 3. The number of hydrogen-bond acceptors (Lipinski definition) is 3. The highest BCUT2D eigenvalue weighted by Crippen LogP contribution is 2.10. The molecule has 0 aromatic heterocycles. The normalized spacial score (nSPS) is 10.2. The molecule has 0 fully saturated rings. The molecular weight excluding hydrogens is 156 g/mol. The number of carbonyl (C=O) groups excluding carboxylic acids is 1. The minimum absolute atomic E-state index is 0.158. The molecule has 1 N–H and O–H groups in total. The van der Waals surface area contributed by atoms with Gasteiger partial charge in [-0.3, -0.25) is 0 Å². The summed E-state index contributed by atoms with van der Waals surface area (Å²) in [7, 11) is 1.65. The Morgan fingerprint density at radius 2 is 1.75 bits per heavy atom. The Kier molecular flexibility index (Phi) is 8.54. The first-order valence-electron chi connectivity index (χ1n) is 3.99. The van der Waals surface area contributed by atoms with Crippen LogP contribution in [0.15, 0.2) is 0 Å². The summed E-state index contributed by atoms with van der Waals surface area (Å²) >= 11 is 0. The number of aliphatic hydroxyl groups excluding tert-OH is 1. The largest absolute Gasteiger partial charge is 0.396 e. The molecule has 0 atom stereocenters. The highest BCUT2D eigenvalue weighted by Gasteiger charge is 2.13. The van der Waals surface area contributed by atoms with E-state index < -0.39 is 0 Å². The van der Waals surface area contributed by atoms with E-state index in [4.69, 9.17) is 9.84 Å². The minimum Gasteiger partial charge on any atom is -0.396 e. The van der Waals surface area contributed by atoms with Gasteiger partial charge in [-0.1, -0.05) is 0 Å². The van der Waals surface area contributed by atoms with Crippen LogP contribution >= 0.6 is 0 Å². The standard InChI is InChI=1S/C6H14O2.C3H6O/c1-6(2,8-3)4-5-7;1-3(2)4/h7H,4-5H2,1-3H3;1-2H3. The molecule has 0 saturated heterocycles. The number of ketones is 1. The fourth-order valence-corrected chi connectivity index (χ4v) is 0.371. The third-order valence-corrected chi connectivity index (χ3v) is 1.27. The van der Waals surface area contributed by atoms with Crippen molar-refractivity contribution in [2.75, 3.05) is 13.7 Å². The molecule has 0 saturated carbocycles. The predicted octanol–water partition coefficient (Wildman–Crippen LogP) is 1.39. The number of carbonyl (C=O) groups is 1. The molecular formula is C9H20O3. The summed E-state index contributed by atoms with van der Waals surface area (Å²) in [4.78, 5) is 9.44. The van der Waals surface area contributed by atoms with Crippen molar-refractivity contribution in [2.45, 2.75) is 39.7 Å². The molecule has 12 heavy (non-hydrogen) atoms. The molecule has 0 aromatic rings. The lowest BCUT2D eigenvalue weighted by Gasteiger charge is -2.20. The van der Waals surface area contributed by atoms with Crippen LogP contribution < -0.4 is 0 Å². The lowest BCUT2D eigenvalue weighted by molar-refractivity contribution is -0.114. The van der Waals surface area contributed by atoms with Gasteiger partial charge in [0.05, 0.1) is 5.60 Å². The average Bonchev–Trinajstić information content (AvgIpc) is 1.86. The molecule has 0 amide bonds. The van der Waals surface area contributed by atoms with E-state index in [0.717, 1.165) is 0 Å². The average molecular weight is 176 g/mol. The molecule has 0 radical (unpaired) electrons. The van der Waals surface area contributed by atoms with Crippen LogP contribution in [0.1, 0.15) is 34.1 Å². The number of methoxy groups -OCH3 is 1. The van der Waals surface area contributed by atoms with Crippen LogP contribution in [0.5, 0.6) is 0 Å². The predicted molar refractivity (Wildman–Crippen MR) is 49.1 cm³/mol. The second kappa shape index (κ2) is 7.25. The number of aliphatic hydroxyl groups is 1. The maximum atomic E-state index is 9.44. The summed E-state index contributed by atoms with van der Waals surface area (Å²) in [5.41, 5.74) is -0.158. The van der Waals surface area contributed by atoms with Crippen LogP contribution in [0.4, 0.5) is 0 Å². The van der Waals surface area contributed by atoms with Gasteiger partial charge in [0, 0.05) is 13.7 Å². The second-order valence-electron chi connectivity index (χ2n) is 3.35. The van der Waals surface area contributed by atoms with Gasteiger partial charge in [0.25, 0.3) is 0 Å². The topological polar surface area (TPSA) is 46.5 Å². The third kappa shape index (κ3) is 16.3. The van der Waals surface area contributed by atoms with Crippen molar-refractivity contribution in [3.63, 3.8) is 0 Å². The first kappa shape index (κ1) is 14.1. The van der Waals surface area contributed by atoms with Gasteiger partial charge >= 0.3 is 0 Å². The summed E-state index contributed by atoms with van der Waals surface area (Å²) < 4.78 is 5.02. The van der Waals surface area contributed by atoms with Crippen LogP contribution in [0.25, 0.3) is 0 Å². The molecule has 0 unspecified atom stereocenters. The van der Waals surface area contributed by atoms with E-state index in [1.807, 2.05) is 13.8 Å². The van der Waals surface area contributed by atoms with E-state index in [-0.39, 0.29) is 18.0 Å². The van der Waals surface area contributed by atoms with Crippen molar-refractivity contribution in [3.05, 3.63) is 0 Å². The van der Waals surface area contributed by atoms with Crippen LogP contribution in [-0.2, 0) is 9.53 Å². The molecule has 0 heterocycles. The Hall–Kier alpha value is -0.410. The number of hydrogen-bond donors (Lipinski definition) is 1. The molecule has 0 aliphatic carbocycles. The fraction of sp³-hybridized carbons (Fsp3) is 0.889. The fourth-order valence-electron chi connectivity index (χ4n) is 0.371. The first-order chi connectivity index (χ1) is 5.35. The Balaban J connectivity index is 0. The van der Waals surface area contributed by atoms with Crippen molar-refractivity contribution in [1.82, 2.24) is 0 Å². The van der Waals surface area contributed by atoms with Crippen molar-refractivity contribution >= 4 is 5.78 Å². The van der Waals surface area contributed by atoms with E-state index in [2.05, 4.69) is 0 Å². The van der Waals surface area contributed by atoms with Gasteiger partial charge < -0.3 is 14.6 Å². The molecule has 0 spiro atoms. The van der Waals surface area contributed by atoms with Gasteiger partial charge in [0.2, 0.25) is 0 Å². The van der Waals surface area contributed by atoms with E-state index in [9.17, 15) is 4.79 Å². The summed E-state index contributed by atoms with van der Waals surface area (Å²) in [6.45, 7) is 7.15. The molecule has 0 aromatic carbocycles. The van der Waals surface area contributed by atoms with Crippen LogP contribution in [-0.4, -0.2) is 30.2 Å². The lowest BCUT2D eigenvalue weighted by Crippen LogP contribution is -2.23. The zero-order valence-electron chi connectivity index (χ0n) is 8.68. The van der Waals surface area contributed by atoms with Gasteiger partial charge in [-0.25, -0.2) is 0 Å². The van der Waals surface area contributed by atoms with Crippen molar-refractivity contribution in [2.24, 2.45) is 0 Å². The summed E-state index contributed by atoms with van der Waals surface area (Å²) in [5, 5.41) is 8.45. The second-order valence-corrected chi connectivity index (χ2v) is 3.35. The molecule has 0 aliphatic rings. The van der Waals surface area contributed by atoms with E-state index in [1.165, 1.54) is 13.8 Å². The first-order valence-corrected chi connectivity index (χ1v) is 3.99. The highest BCUT2D eigenvalue weighted by molar-refractivity contribution is 5.72. The Bertz CT molecular complexity index is 115. The lowest BCUT2D eigenvalue weighted by atomic mass is 10.1. The smallest absolute Gasteiger partial charge is 0.126 e. The molecule has 3 nitrogen and oxygen atoms in total. The number of Topliss-reactive ketones (excluding diaryl/α,β-unsaturated/α-hetero) is 1.